The molecule has 4 aromatic rings. The highest BCUT2D eigenvalue weighted by Crippen LogP contribution is 2.17. The predicted molar refractivity (Wildman–Crippen MR) is 95.2 cm³/mol. The van der Waals surface area contributed by atoms with E-state index in [2.05, 4.69) is 20.3 Å². The van der Waals surface area contributed by atoms with Crippen LogP contribution in [0.15, 0.2) is 53.6 Å². The fourth-order valence-corrected chi connectivity index (χ4v) is 2.94. The molecule has 126 valence electrons. The van der Waals surface area contributed by atoms with E-state index in [1.54, 1.807) is 6.33 Å². The number of hydrogen-bond acceptors (Lipinski definition) is 3. The Labute approximate surface area is 142 Å². The van der Waals surface area contributed by atoms with Crippen LogP contribution in [0.4, 0.5) is 0 Å². The summed E-state index contributed by atoms with van der Waals surface area (Å²) in [5.74, 6) is -0.0918. The number of amides is 1. The summed E-state index contributed by atoms with van der Waals surface area (Å²) >= 11 is 0. The van der Waals surface area contributed by atoms with Crippen molar-refractivity contribution in [2.24, 2.45) is 0 Å². The fourth-order valence-electron chi connectivity index (χ4n) is 2.94. The molecule has 7 heteroatoms. The molecule has 0 bridgehead atoms. The highest BCUT2D eigenvalue weighted by Gasteiger charge is 2.16. The predicted octanol–water partition coefficient (Wildman–Crippen LogP) is 2.08. The average molecular weight is 335 g/mol. The molecule has 0 aliphatic heterocycles. The first-order valence-corrected chi connectivity index (χ1v) is 8.02. The zero-order chi connectivity index (χ0) is 17.4. The van der Waals surface area contributed by atoms with Crippen LogP contribution in [-0.2, 0) is 11.3 Å². The second kappa shape index (κ2) is 5.94. The van der Waals surface area contributed by atoms with Crippen LogP contribution >= 0.6 is 0 Å². The monoisotopic (exact) mass is 335 g/mol. The van der Waals surface area contributed by atoms with Crippen LogP contribution in [0, 0.1) is 0 Å². The Kier molecular flexibility index (Phi) is 3.61. The summed E-state index contributed by atoms with van der Waals surface area (Å²) < 4.78 is 1.86. The van der Waals surface area contributed by atoms with Crippen LogP contribution in [0.1, 0.15) is 18.5 Å². The number of nitrogens with one attached hydrogen (secondary N) is 3. The number of fused-ring (bicyclic) bond motifs is 2. The van der Waals surface area contributed by atoms with Crippen molar-refractivity contribution in [1.29, 1.82) is 0 Å². The lowest BCUT2D eigenvalue weighted by Gasteiger charge is -2.14. The number of benzene rings is 2. The first kappa shape index (κ1) is 15.2. The Hall–Kier alpha value is -3.35. The molecule has 2 aromatic heterocycles. The van der Waals surface area contributed by atoms with Crippen molar-refractivity contribution >= 4 is 28.0 Å². The van der Waals surface area contributed by atoms with Gasteiger partial charge in [-0.15, -0.1) is 0 Å². The molecule has 1 amide bonds. The van der Waals surface area contributed by atoms with Gasteiger partial charge in [-0.3, -0.25) is 4.79 Å². The number of carbonyl (C=O) groups is 1. The molecular formula is C18H17N5O2. The van der Waals surface area contributed by atoms with Crippen LogP contribution in [-0.4, -0.2) is 25.4 Å². The van der Waals surface area contributed by atoms with E-state index in [9.17, 15) is 9.59 Å². The molecule has 0 saturated heterocycles. The summed E-state index contributed by atoms with van der Waals surface area (Å²) in [4.78, 5) is 33.5. The lowest BCUT2D eigenvalue weighted by molar-refractivity contribution is -0.123. The molecule has 4 rings (SSSR count). The third-order valence-electron chi connectivity index (χ3n) is 4.32. The third kappa shape index (κ3) is 2.80. The number of nitrogens with zero attached hydrogens (tertiary/aromatic N) is 2. The molecular weight excluding hydrogens is 318 g/mol. The molecule has 3 N–H and O–H groups in total. The Balaban J connectivity index is 1.49. The fraction of sp³-hybridized carbons (Fsp3) is 0.167. The molecule has 0 spiro atoms. The van der Waals surface area contributed by atoms with E-state index in [1.165, 1.54) is 0 Å². The van der Waals surface area contributed by atoms with Gasteiger partial charge in [-0.1, -0.05) is 18.2 Å². The molecule has 0 saturated carbocycles. The Morgan fingerprint density at radius 2 is 2.00 bits per heavy atom. The number of carbonyl (C=O) groups excluding carboxylic acids is 1. The molecule has 1 unspecified atom stereocenters. The van der Waals surface area contributed by atoms with E-state index in [1.807, 2.05) is 54.0 Å². The van der Waals surface area contributed by atoms with Gasteiger partial charge in [0.2, 0.25) is 5.91 Å². The maximum atomic E-state index is 12.5. The van der Waals surface area contributed by atoms with Crippen molar-refractivity contribution in [2.45, 2.75) is 19.5 Å². The van der Waals surface area contributed by atoms with Gasteiger partial charge in [-0.25, -0.2) is 9.78 Å². The topological polar surface area (TPSA) is 95.6 Å². The summed E-state index contributed by atoms with van der Waals surface area (Å²) in [5, 5.41) is 2.93. The molecule has 25 heavy (non-hydrogen) atoms. The molecule has 0 aliphatic carbocycles. The van der Waals surface area contributed by atoms with Crippen LogP contribution in [0.5, 0.6) is 0 Å². The van der Waals surface area contributed by atoms with Crippen molar-refractivity contribution in [2.75, 3.05) is 0 Å². The first-order chi connectivity index (χ1) is 12.1. The summed E-state index contributed by atoms with van der Waals surface area (Å²) in [7, 11) is 0. The Morgan fingerprint density at radius 1 is 1.20 bits per heavy atom. The minimum atomic E-state index is -0.372. The van der Waals surface area contributed by atoms with E-state index < -0.39 is 0 Å². The van der Waals surface area contributed by atoms with Gasteiger partial charge in [-0.2, -0.15) is 0 Å². The van der Waals surface area contributed by atoms with Gasteiger partial charge < -0.3 is 19.9 Å². The van der Waals surface area contributed by atoms with Crippen LogP contribution in [0.3, 0.4) is 0 Å². The summed E-state index contributed by atoms with van der Waals surface area (Å²) in [5.41, 5.74) is 3.94. The lowest BCUT2D eigenvalue weighted by atomic mass is 10.2. The van der Waals surface area contributed by atoms with E-state index in [4.69, 9.17) is 0 Å². The minimum Gasteiger partial charge on any atom is -0.350 e. The van der Waals surface area contributed by atoms with Crippen molar-refractivity contribution in [1.82, 2.24) is 24.8 Å². The zero-order valence-corrected chi connectivity index (χ0v) is 13.6. The summed E-state index contributed by atoms with van der Waals surface area (Å²) in [6.07, 6.45) is 1.69. The molecule has 0 fully saturated rings. The normalized spacial score (nSPS) is 12.5. The first-order valence-electron chi connectivity index (χ1n) is 8.02. The Bertz CT molecular complexity index is 1120. The maximum absolute atomic E-state index is 12.5. The molecule has 7 nitrogen and oxygen atoms in total. The van der Waals surface area contributed by atoms with Gasteiger partial charge in [-0.05, 0) is 36.8 Å². The van der Waals surface area contributed by atoms with Gasteiger partial charge in [0.15, 0.2) is 0 Å². The van der Waals surface area contributed by atoms with Crippen LogP contribution in [0.25, 0.3) is 22.1 Å². The van der Waals surface area contributed by atoms with Crippen molar-refractivity contribution in [3.05, 3.63) is 64.8 Å². The standard InChI is InChI=1S/C18H17N5O2/c1-11(23-10-20-14-4-2-3-5-16(14)23)17(24)19-9-12-6-7-13-15(8-12)22-18(25)21-13/h2-8,10-11H,9H2,1H3,(H,19,24)(H2,21,22,25). The quantitative estimate of drug-likeness (QED) is 0.533. The lowest BCUT2D eigenvalue weighted by Crippen LogP contribution is -2.30. The van der Waals surface area contributed by atoms with E-state index >= 15 is 0 Å². The number of imidazole rings is 2. The van der Waals surface area contributed by atoms with Crippen molar-refractivity contribution in [3.8, 4) is 0 Å². The number of rotatable bonds is 4. The number of para-hydroxylation sites is 2. The van der Waals surface area contributed by atoms with Gasteiger partial charge in [0.05, 0.1) is 28.4 Å². The van der Waals surface area contributed by atoms with Crippen LogP contribution in [0.2, 0.25) is 0 Å². The number of aromatic amines is 2. The highest BCUT2D eigenvalue weighted by molar-refractivity contribution is 5.83. The smallest absolute Gasteiger partial charge is 0.323 e. The zero-order valence-electron chi connectivity index (χ0n) is 13.6. The van der Waals surface area contributed by atoms with Crippen LogP contribution < -0.4 is 11.0 Å². The Morgan fingerprint density at radius 3 is 2.88 bits per heavy atom. The van der Waals surface area contributed by atoms with E-state index in [0.29, 0.717) is 6.54 Å². The number of hydrogen-bond donors (Lipinski definition) is 3. The number of H-pyrrole nitrogens is 2. The molecule has 1 atom stereocenters. The molecule has 2 aromatic carbocycles. The van der Waals surface area contributed by atoms with E-state index in [0.717, 1.165) is 27.6 Å². The molecule has 0 aliphatic rings. The second-order valence-corrected chi connectivity index (χ2v) is 5.99. The third-order valence-corrected chi connectivity index (χ3v) is 4.32. The molecule has 0 radical (unpaired) electrons. The van der Waals surface area contributed by atoms with Gasteiger partial charge in [0, 0.05) is 6.54 Å². The van der Waals surface area contributed by atoms with Gasteiger partial charge in [0.1, 0.15) is 6.04 Å². The average Bonchev–Trinajstić information content (AvgIpc) is 3.20. The minimum absolute atomic E-state index is 0.0918. The number of aromatic nitrogens is 4. The van der Waals surface area contributed by atoms with Gasteiger partial charge >= 0.3 is 5.69 Å². The highest BCUT2D eigenvalue weighted by atomic mass is 16.2. The summed E-state index contributed by atoms with van der Waals surface area (Å²) in [6.45, 7) is 2.23. The largest absolute Gasteiger partial charge is 0.350 e. The maximum Gasteiger partial charge on any atom is 0.323 e. The summed E-state index contributed by atoms with van der Waals surface area (Å²) in [6, 6.07) is 12.9. The van der Waals surface area contributed by atoms with Crippen molar-refractivity contribution in [3.63, 3.8) is 0 Å². The molecule has 2 heterocycles. The van der Waals surface area contributed by atoms with E-state index in [-0.39, 0.29) is 17.6 Å². The SMILES string of the molecule is CC(C(=O)NCc1ccc2[nH]c(=O)[nH]c2c1)n1cnc2ccccc21. The van der Waals surface area contributed by atoms with Crippen molar-refractivity contribution < 1.29 is 4.79 Å². The van der Waals surface area contributed by atoms with Gasteiger partial charge in [0.25, 0.3) is 0 Å². The second-order valence-electron chi connectivity index (χ2n) is 5.99.